The second-order valence-corrected chi connectivity index (χ2v) is 12.8. The van der Waals surface area contributed by atoms with E-state index in [1.807, 2.05) is 66.1 Å². The lowest BCUT2D eigenvalue weighted by Gasteiger charge is -2.40. The van der Waals surface area contributed by atoms with Crippen LogP contribution in [0, 0.1) is 5.41 Å². The van der Waals surface area contributed by atoms with E-state index >= 15 is 0 Å². The van der Waals surface area contributed by atoms with Crippen LogP contribution in [0.5, 0.6) is 0 Å². The van der Waals surface area contributed by atoms with E-state index in [0.717, 1.165) is 48.8 Å². The number of Topliss-reactive ketones (excluding diaryl/α,β-unsaturated/α-hetero) is 1. The van der Waals surface area contributed by atoms with Crippen molar-refractivity contribution in [2.75, 3.05) is 42.9 Å². The number of carbonyl (C=O) groups excluding carboxylic acids is 2. The molecule has 6 nitrogen and oxygen atoms in total. The van der Waals surface area contributed by atoms with Crippen LogP contribution in [0.25, 0.3) is 0 Å². The highest BCUT2D eigenvalue weighted by Gasteiger charge is 2.42. The van der Waals surface area contributed by atoms with E-state index in [9.17, 15) is 22.8 Å². The summed E-state index contributed by atoms with van der Waals surface area (Å²) in [6.45, 7) is 7.51. The molecule has 1 unspecified atom stereocenters. The highest BCUT2D eigenvalue weighted by atomic mass is 19.4. The number of benzene rings is 3. The van der Waals surface area contributed by atoms with Gasteiger partial charge in [-0.3, -0.25) is 14.5 Å². The molecule has 3 aromatic carbocycles. The Morgan fingerprint density at radius 1 is 0.886 bits per heavy atom. The minimum absolute atomic E-state index is 0.0173. The van der Waals surface area contributed by atoms with Gasteiger partial charge in [-0.25, -0.2) is 0 Å². The summed E-state index contributed by atoms with van der Waals surface area (Å²) in [6.07, 6.45) is -3.57. The van der Waals surface area contributed by atoms with Crippen molar-refractivity contribution in [2.45, 2.75) is 45.5 Å². The molecule has 1 aliphatic carbocycles. The maximum absolute atomic E-state index is 14.0. The number of allylic oxidation sites excluding steroid dienone is 1. The summed E-state index contributed by atoms with van der Waals surface area (Å²) in [6, 6.07) is 22.1. The summed E-state index contributed by atoms with van der Waals surface area (Å²) in [5, 5.41) is 3.50. The van der Waals surface area contributed by atoms with Gasteiger partial charge in [0.1, 0.15) is 0 Å². The fourth-order valence-electron chi connectivity index (χ4n) is 6.67. The Labute approximate surface area is 256 Å². The number of nitrogens with one attached hydrogen (secondary N) is 1. The highest BCUT2D eigenvalue weighted by molar-refractivity contribution is 6.01. The topological polar surface area (TPSA) is 55.9 Å². The third-order valence-electron chi connectivity index (χ3n) is 8.84. The third kappa shape index (κ3) is 6.24. The largest absolute Gasteiger partial charge is 0.416 e. The summed E-state index contributed by atoms with van der Waals surface area (Å²) in [7, 11) is 0. The van der Waals surface area contributed by atoms with Crippen molar-refractivity contribution in [2.24, 2.45) is 5.41 Å². The molecule has 2 aliphatic heterocycles. The third-order valence-corrected chi connectivity index (χ3v) is 8.84. The van der Waals surface area contributed by atoms with Crippen molar-refractivity contribution in [1.82, 2.24) is 9.80 Å². The molecule has 1 N–H and O–H groups in total. The minimum atomic E-state index is -4.48. The molecule has 0 bridgehead atoms. The van der Waals surface area contributed by atoms with Gasteiger partial charge in [0.05, 0.1) is 29.5 Å². The monoisotopic (exact) mass is 602 g/mol. The van der Waals surface area contributed by atoms with Gasteiger partial charge in [0.2, 0.25) is 5.91 Å². The van der Waals surface area contributed by atoms with Gasteiger partial charge in [-0.15, -0.1) is 0 Å². The second kappa shape index (κ2) is 11.8. The molecule has 230 valence electrons. The average molecular weight is 603 g/mol. The number of carbonyl (C=O) groups is 2. The average Bonchev–Trinajstić information content (AvgIpc) is 3.11. The summed E-state index contributed by atoms with van der Waals surface area (Å²) in [4.78, 5) is 33.9. The van der Waals surface area contributed by atoms with Gasteiger partial charge in [0, 0.05) is 50.4 Å². The van der Waals surface area contributed by atoms with Crippen molar-refractivity contribution in [3.8, 4) is 0 Å². The number of ketones is 1. The van der Waals surface area contributed by atoms with Gasteiger partial charge in [-0.2, -0.15) is 13.2 Å². The lowest BCUT2D eigenvalue weighted by molar-refractivity contribution is -0.137. The first kappa shape index (κ1) is 29.9. The molecule has 3 aliphatic rings. The lowest BCUT2D eigenvalue weighted by Crippen LogP contribution is -2.51. The standard InChI is InChI=1S/C35H37F3N4O2/c1-34(2)20-28-32(30(43)21-34)33(25-12-14-26(15-13-25)35(36,37)38)42(29-11-7-6-10-27(29)39-28)23-31(44)41-18-16-40(17-19-41)22-24-8-4-3-5-9-24/h3-15,33,39H,16-23H2,1-2H3. The molecule has 44 heavy (non-hydrogen) atoms. The first-order valence-electron chi connectivity index (χ1n) is 15.1. The Bertz CT molecular complexity index is 1560. The van der Waals surface area contributed by atoms with Crippen LogP contribution in [-0.2, 0) is 22.3 Å². The normalized spacial score (nSPS) is 20.5. The van der Waals surface area contributed by atoms with Gasteiger partial charge in [0.15, 0.2) is 5.78 Å². The quantitative estimate of drug-likeness (QED) is 0.354. The molecule has 1 atom stereocenters. The molecule has 1 saturated heterocycles. The zero-order chi connectivity index (χ0) is 31.1. The summed E-state index contributed by atoms with van der Waals surface area (Å²) >= 11 is 0. The van der Waals surface area contributed by atoms with Crippen LogP contribution < -0.4 is 10.2 Å². The van der Waals surface area contributed by atoms with E-state index in [0.29, 0.717) is 37.1 Å². The maximum Gasteiger partial charge on any atom is 0.416 e. The molecule has 0 aromatic heterocycles. The summed E-state index contributed by atoms with van der Waals surface area (Å²) in [5.41, 5.74) is 3.49. The number of hydrogen-bond donors (Lipinski definition) is 1. The van der Waals surface area contributed by atoms with Crippen LogP contribution in [0.4, 0.5) is 24.5 Å². The molecule has 0 saturated carbocycles. The number of alkyl halides is 3. The molecule has 0 spiro atoms. The smallest absolute Gasteiger partial charge is 0.357 e. The van der Waals surface area contributed by atoms with Crippen molar-refractivity contribution in [1.29, 1.82) is 0 Å². The lowest BCUT2D eigenvalue weighted by atomic mass is 9.73. The fraction of sp³-hybridized carbons (Fsp3) is 0.371. The molecule has 3 aromatic rings. The molecule has 6 rings (SSSR count). The predicted octanol–water partition coefficient (Wildman–Crippen LogP) is 6.67. The molecule has 1 fully saturated rings. The van der Waals surface area contributed by atoms with E-state index in [2.05, 4.69) is 22.3 Å². The summed E-state index contributed by atoms with van der Waals surface area (Å²) in [5.74, 6) is -0.142. The van der Waals surface area contributed by atoms with Crippen LogP contribution >= 0.6 is 0 Å². The molecule has 1 amide bonds. The highest BCUT2D eigenvalue weighted by Crippen LogP contribution is 2.48. The second-order valence-electron chi connectivity index (χ2n) is 12.8. The van der Waals surface area contributed by atoms with Crippen LogP contribution in [0.1, 0.15) is 49.4 Å². The predicted molar refractivity (Wildman–Crippen MR) is 165 cm³/mol. The molecular weight excluding hydrogens is 565 g/mol. The number of para-hydroxylation sites is 2. The zero-order valence-electron chi connectivity index (χ0n) is 25.0. The van der Waals surface area contributed by atoms with Gasteiger partial charge < -0.3 is 15.1 Å². The van der Waals surface area contributed by atoms with E-state index in [4.69, 9.17) is 0 Å². The van der Waals surface area contributed by atoms with E-state index in [1.54, 1.807) is 0 Å². The Hall–Kier alpha value is -4.11. The molecule has 9 heteroatoms. The van der Waals surface area contributed by atoms with Crippen LogP contribution in [0.2, 0.25) is 0 Å². The van der Waals surface area contributed by atoms with Crippen LogP contribution in [-0.4, -0.2) is 54.2 Å². The van der Waals surface area contributed by atoms with Crippen molar-refractivity contribution >= 4 is 23.1 Å². The molecular formula is C35H37F3N4O2. The molecule has 2 heterocycles. The van der Waals surface area contributed by atoms with Crippen LogP contribution in [0.3, 0.4) is 0 Å². The van der Waals surface area contributed by atoms with E-state index in [-0.39, 0.29) is 23.7 Å². The summed E-state index contributed by atoms with van der Waals surface area (Å²) < 4.78 is 40.5. The Balaban J connectivity index is 1.33. The number of nitrogens with zero attached hydrogens (tertiary/aromatic N) is 3. The minimum Gasteiger partial charge on any atom is -0.357 e. The van der Waals surface area contributed by atoms with Crippen molar-refractivity contribution < 1.29 is 22.8 Å². The van der Waals surface area contributed by atoms with Crippen LogP contribution in [0.15, 0.2) is 90.1 Å². The van der Waals surface area contributed by atoms with Gasteiger partial charge >= 0.3 is 6.18 Å². The van der Waals surface area contributed by atoms with E-state index in [1.165, 1.54) is 17.7 Å². The number of amides is 1. The van der Waals surface area contributed by atoms with Gasteiger partial charge in [-0.1, -0.05) is 68.4 Å². The number of piperazine rings is 1. The zero-order valence-corrected chi connectivity index (χ0v) is 25.0. The number of fused-ring (bicyclic) bond motifs is 1. The van der Waals surface area contributed by atoms with Gasteiger partial charge in [-0.05, 0) is 47.2 Å². The van der Waals surface area contributed by atoms with E-state index < -0.39 is 17.8 Å². The first-order valence-corrected chi connectivity index (χ1v) is 15.1. The Morgan fingerprint density at radius 3 is 2.23 bits per heavy atom. The number of hydrogen-bond acceptors (Lipinski definition) is 5. The molecule has 0 radical (unpaired) electrons. The van der Waals surface area contributed by atoms with Gasteiger partial charge in [0.25, 0.3) is 0 Å². The van der Waals surface area contributed by atoms with Crippen molar-refractivity contribution in [3.63, 3.8) is 0 Å². The SMILES string of the molecule is CC1(C)CC(=O)C2=C(C1)Nc1ccccc1N(CC(=O)N1CCN(Cc3ccccc3)CC1)C2c1ccc(C(F)(F)F)cc1. The number of halogens is 3. The van der Waals surface area contributed by atoms with Crippen molar-refractivity contribution in [3.05, 3.63) is 107 Å². The fourth-order valence-corrected chi connectivity index (χ4v) is 6.67. The maximum atomic E-state index is 14.0. The number of anilines is 2. The Kier molecular flexibility index (Phi) is 8.01. The first-order chi connectivity index (χ1) is 21.0. The Morgan fingerprint density at radius 2 is 1.55 bits per heavy atom. The number of rotatable bonds is 5.